The van der Waals surface area contributed by atoms with Crippen LogP contribution in [0.5, 0.6) is 0 Å². The number of methoxy groups -OCH3 is 1. The van der Waals surface area contributed by atoms with E-state index < -0.39 is 0 Å². The summed E-state index contributed by atoms with van der Waals surface area (Å²) in [5.74, 6) is 2.92. The Balaban J connectivity index is 1.30. The van der Waals surface area contributed by atoms with Crippen LogP contribution in [0, 0.1) is 11.8 Å². The number of fused-ring (bicyclic) bond motifs is 1. The predicted octanol–water partition coefficient (Wildman–Crippen LogP) is 5.37. The fourth-order valence-corrected chi connectivity index (χ4v) is 6.53. The van der Waals surface area contributed by atoms with Crippen molar-refractivity contribution in [3.8, 4) is 22.5 Å². The lowest BCUT2D eigenvalue weighted by atomic mass is 9.86. The van der Waals surface area contributed by atoms with E-state index in [1.165, 1.54) is 43.4 Å². The molecule has 1 saturated carbocycles. The first kappa shape index (κ1) is 27.4. The molecular formula is C32H42N8O. The molecule has 1 aliphatic carbocycles. The summed E-state index contributed by atoms with van der Waals surface area (Å²) in [5.41, 5.74) is 5.75. The predicted molar refractivity (Wildman–Crippen MR) is 161 cm³/mol. The summed E-state index contributed by atoms with van der Waals surface area (Å²) in [6, 6.07) is 17.2. The second kappa shape index (κ2) is 12.4. The number of aromatic amines is 1. The number of ether oxygens (including phenoxy) is 1. The van der Waals surface area contributed by atoms with E-state index in [9.17, 15) is 0 Å². The third-order valence-corrected chi connectivity index (χ3v) is 8.44. The molecule has 6 rings (SSSR count). The largest absolute Gasteiger partial charge is 0.383 e. The normalized spacial score (nSPS) is 19.5. The Morgan fingerprint density at radius 2 is 1.78 bits per heavy atom. The monoisotopic (exact) mass is 554 g/mol. The molecule has 41 heavy (non-hydrogen) atoms. The molecule has 0 spiro atoms. The molecule has 3 aliphatic rings. The number of nitrogens with zero attached hydrogens (tertiary/aromatic N) is 7. The quantitative estimate of drug-likeness (QED) is 0.360. The van der Waals surface area contributed by atoms with Gasteiger partial charge in [-0.2, -0.15) is 5.21 Å². The first-order chi connectivity index (χ1) is 20.1. The minimum absolute atomic E-state index is 0.180. The van der Waals surface area contributed by atoms with Gasteiger partial charge in [0.15, 0.2) is 5.84 Å². The summed E-state index contributed by atoms with van der Waals surface area (Å²) >= 11 is 0. The van der Waals surface area contributed by atoms with Crippen molar-refractivity contribution in [3.63, 3.8) is 0 Å². The van der Waals surface area contributed by atoms with Crippen LogP contribution in [0.25, 0.3) is 22.5 Å². The first-order valence-electron chi connectivity index (χ1n) is 15.1. The van der Waals surface area contributed by atoms with Gasteiger partial charge in [-0.05, 0) is 46.6 Å². The van der Waals surface area contributed by atoms with Gasteiger partial charge >= 0.3 is 0 Å². The lowest BCUT2D eigenvalue weighted by Gasteiger charge is -2.39. The fraction of sp³-hybridized carbons (Fsp3) is 0.500. The number of hydrogen-bond donors (Lipinski definition) is 1. The zero-order valence-corrected chi connectivity index (χ0v) is 24.5. The van der Waals surface area contributed by atoms with Crippen molar-refractivity contribution in [3.05, 3.63) is 66.0 Å². The molecule has 3 aromatic rings. The van der Waals surface area contributed by atoms with Gasteiger partial charge in [-0.25, -0.2) is 4.99 Å². The van der Waals surface area contributed by atoms with E-state index in [2.05, 4.69) is 91.8 Å². The molecule has 0 amide bonds. The molecule has 1 N–H and O–H groups in total. The van der Waals surface area contributed by atoms with Gasteiger partial charge in [-0.1, -0.05) is 81.6 Å². The van der Waals surface area contributed by atoms with Gasteiger partial charge < -0.3 is 19.4 Å². The summed E-state index contributed by atoms with van der Waals surface area (Å²) in [6.45, 7) is 8.85. The molecule has 1 aromatic heterocycles. The van der Waals surface area contributed by atoms with Crippen LogP contribution < -0.4 is 0 Å². The van der Waals surface area contributed by atoms with Gasteiger partial charge in [-0.3, -0.25) is 0 Å². The summed E-state index contributed by atoms with van der Waals surface area (Å²) in [7, 11) is 1.78. The third-order valence-electron chi connectivity index (χ3n) is 8.44. The number of hydrogen-bond acceptors (Lipinski definition) is 8. The highest BCUT2D eigenvalue weighted by molar-refractivity contribution is 6.00. The Bertz CT molecular complexity index is 1340. The maximum absolute atomic E-state index is 5.49. The van der Waals surface area contributed by atoms with E-state index in [0.29, 0.717) is 24.3 Å². The second-order valence-corrected chi connectivity index (χ2v) is 11.9. The Morgan fingerprint density at radius 1 is 1.00 bits per heavy atom. The van der Waals surface area contributed by atoms with Crippen LogP contribution in [0.15, 0.2) is 65.4 Å². The van der Waals surface area contributed by atoms with E-state index in [4.69, 9.17) is 9.73 Å². The fourth-order valence-electron chi connectivity index (χ4n) is 6.53. The average Bonchev–Trinajstić information content (AvgIpc) is 3.66. The minimum Gasteiger partial charge on any atom is -0.383 e. The second-order valence-electron chi connectivity index (χ2n) is 11.9. The van der Waals surface area contributed by atoms with Crippen LogP contribution in [0.4, 0.5) is 0 Å². The first-order valence-corrected chi connectivity index (χ1v) is 15.1. The average molecular weight is 555 g/mol. The van der Waals surface area contributed by atoms with E-state index in [1.807, 2.05) is 12.1 Å². The highest BCUT2D eigenvalue weighted by atomic mass is 16.5. The molecular weight excluding hydrogens is 512 g/mol. The highest BCUT2D eigenvalue weighted by Crippen LogP contribution is 2.38. The number of rotatable bonds is 10. The van der Waals surface area contributed by atoms with E-state index in [1.54, 1.807) is 7.11 Å². The number of benzene rings is 2. The summed E-state index contributed by atoms with van der Waals surface area (Å²) in [4.78, 5) is 12.9. The number of aliphatic imine (C=N–C) groups is 1. The highest BCUT2D eigenvalue weighted by Gasteiger charge is 2.40. The van der Waals surface area contributed by atoms with E-state index >= 15 is 0 Å². The molecule has 0 radical (unpaired) electrons. The molecule has 2 aromatic carbocycles. The summed E-state index contributed by atoms with van der Waals surface area (Å²) in [5, 5.41) is 14.7. The number of aromatic nitrogens is 4. The standard InChI is InChI=1S/C32H42N8O/c1-23(2)19-38-21-29-32(39(22-38)17-18-41-3)33-31(26-9-5-4-6-10-26)40(29)20-24-13-15-25(16-14-24)27-11-7-8-12-28(27)30-34-36-37-35-30/h7-8,11-16,21,23,26,31H,4-6,9-10,17-20,22H2,1-3H3,(H,34,35,36,37). The van der Waals surface area contributed by atoms with Gasteiger partial charge in [0, 0.05) is 38.5 Å². The van der Waals surface area contributed by atoms with E-state index in [0.717, 1.165) is 48.8 Å². The number of nitrogens with one attached hydrogen (secondary N) is 1. The Morgan fingerprint density at radius 3 is 2.49 bits per heavy atom. The number of tetrazole rings is 1. The SMILES string of the molecule is COCCN1CN(CC(C)C)C=C2C1=NC(C1CCCCC1)N2Cc1ccc(-c2ccccc2-c2nn[nH]n2)cc1. The van der Waals surface area contributed by atoms with Gasteiger partial charge in [0.05, 0.1) is 19.0 Å². The van der Waals surface area contributed by atoms with Crippen LogP contribution in [-0.4, -0.2) is 80.8 Å². The molecule has 1 atom stereocenters. The molecule has 3 heterocycles. The van der Waals surface area contributed by atoms with Crippen molar-refractivity contribution in [1.82, 2.24) is 35.3 Å². The molecule has 9 heteroatoms. The summed E-state index contributed by atoms with van der Waals surface area (Å²) < 4.78 is 5.49. The maximum atomic E-state index is 5.49. The number of H-pyrrole nitrogens is 1. The number of amidine groups is 1. The van der Waals surface area contributed by atoms with Crippen molar-refractivity contribution in [2.45, 2.75) is 58.7 Å². The lowest BCUT2D eigenvalue weighted by molar-refractivity contribution is 0.140. The van der Waals surface area contributed by atoms with Crippen LogP contribution in [0.1, 0.15) is 51.5 Å². The summed E-state index contributed by atoms with van der Waals surface area (Å²) in [6.07, 6.45) is 9.02. The van der Waals surface area contributed by atoms with Crippen LogP contribution in [0.2, 0.25) is 0 Å². The topological polar surface area (TPSA) is 85.8 Å². The molecule has 216 valence electrons. The maximum Gasteiger partial charge on any atom is 0.205 e. The molecule has 1 unspecified atom stereocenters. The zero-order chi connectivity index (χ0) is 28.2. The lowest BCUT2D eigenvalue weighted by Crippen LogP contribution is -2.48. The zero-order valence-electron chi connectivity index (χ0n) is 24.5. The van der Waals surface area contributed by atoms with Gasteiger partial charge in [0.2, 0.25) is 5.82 Å². The molecule has 0 saturated heterocycles. The van der Waals surface area contributed by atoms with Gasteiger partial charge in [0.1, 0.15) is 6.17 Å². The van der Waals surface area contributed by atoms with Crippen LogP contribution >= 0.6 is 0 Å². The smallest absolute Gasteiger partial charge is 0.205 e. The van der Waals surface area contributed by atoms with Gasteiger partial charge in [0.25, 0.3) is 0 Å². The van der Waals surface area contributed by atoms with Crippen LogP contribution in [-0.2, 0) is 11.3 Å². The van der Waals surface area contributed by atoms with Crippen LogP contribution in [0.3, 0.4) is 0 Å². The molecule has 9 nitrogen and oxygen atoms in total. The Hall–Kier alpha value is -3.72. The minimum atomic E-state index is 0.180. The van der Waals surface area contributed by atoms with Crippen molar-refractivity contribution >= 4 is 5.84 Å². The third kappa shape index (κ3) is 6.00. The van der Waals surface area contributed by atoms with Crippen molar-refractivity contribution in [1.29, 1.82) is 0 Å². The Labute approximate surface area is 243 Å². The van der Waals surface area contributed by atoms with Gasteiger partial charge in [-0.15, -0.1) is 10.2 Å². The molecule has 2 aliphatic heterocycles. The van der Waals surface area contributed by atoms with Crippen molar-refractivity contribution in [2.24, 2.45) is 16.8 Å². The van der Waals surface area contributed by atoms with E-state index in [-0.39, 0.29) is 6.17 Å². The molecule has 1 fully saturated rings. The van der Waals surface area contributed by atoms with Crippen molar-refractivity contribution in [2.75, 3.05) is 33.5 Å². The van der Waals surface area contributed by atoms with Crippen molar-refractivity contribution < 1.29 is 4.74 Å². The Kier molecular flexibility index (Phi) is 8.32. The molecule has 0 bridgehead atoms.